The first-order valence-electron chi connectivity index (χ1n) is 7.84. The number of alkyl carbamates (subject to hydrolysis) is 1. The second kappa shape index (κ2) is 8.47. The van der Waals surface area contributed by atoms with Gasteiger partial charge in [-0.15, -0.1) is 0 Å². The predicted molar refractivity (Wildman–Crippen MR) is 89.7 cm³/mol. The first-order valence-corrected chi connectivity index (χ1v) is 7.84. The Morgan fingerprint density at radius 2 is 1.67 bits per heavy atom. The lowest BCUT2D eigenvalue weighted by Gasteiger charge is -2.24. The molecule has 0 spiro atoms. The number of benzene rings is 1. The fraction of sp³-hybridized carbons (Fsp3) is 0.500. The molecule has 1 aromatic rings. The standard InChI is InChI=1S/C18H25NO5/c1-12(2)15(19-17(22)24-18(3,4)5)16(21)23-11-14(20)13-9-7-6-8-10-13/h6-10,12,15H,11H2,1-5H3,(H,19,22). The van der Waals surface area contributed by atoms with Crippen LogP contribution >= 0.6 is 0 Å². The summed E-state index contributed by atoms with van der Waals surface area (Å²) >= 11 is 0. The Morgan fingerprint density at radius 3 is 2.17 bits per heavy atom. The second-order valence-corrected chi connectivity index (χ2v) is 6.76. The van der Waals surface area contributed by atoms with Crippen molar-refractivity contribution in [2.24, 2.45) is 5.92 Å². The number of rotatable bonds is 6. The molecule has 1 amide bonds. The van der Waals surface area contributed by atoms with Crippen LogP contribution in [0.5, 0.6) is 0 Å². The van der Waals surface area contributed by atoms with Gasteiger partial charge in [-0.2, -0.15) is 0 Å². The van der Waals surface area contributed by atoms with E-state index >= 15 is 0 Å². The quantitative estimate of drug-likeness (QED) is 0.638. The maximum Gasteiger partial charge on any atom is 0.408 e. The Kier molecular flexibility index (Phi) is 6.95. The van der Waals surface area contributed by atoms with E-state index in [1.807, 2.05) is 0 Å². The van der Waals surface area contributed by atoms with Gasteiger partial charge in [0, 0.05) is 5.56 Å². The third kappa shape index (κ3) is 6.81. The minimum absolute atomic E-state index is 0.211. The highest BCUT2D eigenvalue weighted by molar-refractivity contribution is 5.98. The molecule has 6 nitrogen and oxygen atoms in total. The topological polar surface area (TPSA) is 81.7 Å². The molecule has 24 heavy (non-hydrogen) atoms. The summed E-state index contributed by atoms with van der Waals surface area (Å²) in [6.45, 7) is 8.35. The van der Waals surface area contributed by atoms with Gasteiger partial charge in [0.2, 0.25) is 0 Å². The normalized spacial score (nSPS) is 12.4. The minimum Gasteiger partial charge on any atom is -0.456 e. The molecular formula is C18H25NO5. The SMILES string of the molecule is CC(C)C(NC(=O)OC(C)(C)C)C(=O)OCC(=O)c1ccccc1. The second-order valence-electron chi connectivity index (χ2n) is 6.76. The van der Waals surface area contributed by atoms with Crippen LogP contribution < -0.4 is 5.32 Å². The third-order valence-electron chi connectivity index (χ3n) is 3.03. The van der Waals surface area contributed by atoms with Crippen LogP contribution in [0.4, 0.5) is 4.79 Å². The Morgan fingerprint density at radius 1 is 1.08 bits per heavy atom. The minimum atomic E-state index is -0.886. The summed E-state index contributed by atoms with van der Waals surface area (Å²) in [6, 6.07) is 7.67. The molecule has 0 aliphatic heterocycles. The van der Waals surface area contributed by atoms with E-state index in [1.165, 1.54) is 0 Å². The van der Waals surface area contributed by atoms with Gasteiger partial charge in [0.15, 0.2) is 12.4 Å². The highest BCUT2D eigenvalue weighted by atomic mass is 16.6. The summed E-state index contributed by atoms with van der Waals surface area (Å²) in [5, 5.41) is 2.49. The van der Waals surface area contributed by atoms with Gasteiger partial charge in [-0.3, -0.25) is 4.79 Å². The first-order chi connectivity index (χ1) is 11.1. The van der Waals surface area contributed by atoms with Gasteiger partial charge < -0.3 is 14.8 Å². The summed E-state index contributed by atoms with van der Waals surface area (Å²) in [5.41, 5.74) is -0.204. The highest BCUT2D eigenvalue weighted by Crippen LogP contribution is 2.10. The summed E-state index contributed by atoms with van der Waals surface area (Å²) < 4.78 is 10.2. The number of amides is 1. The monoisotopic (exact) mass is 335 g/mol. The van der Waals surface area contributed by atoms with Crippen molar-refractivity contribution in [2.75, 3.05) is 6.61 Å². The van der Waals surface area contributed by atoms with Crippen LogP contribution in [0.2, 0.25) is 0 Å². The van der Waals surface area contributed by atoms with Crippen LogP contribution in [0.15, 0.2) is 30.3 Å². The molecule has 0 aliphatic rings. The van der Waals surface area contributed by atoms with Crippen molar-refractivity contribution in [1.82, 2.24) is 5.32 Å². The lowest BCUT2D eigenvalue weighted by atomic mass is 10.1. The molecule has 0 heterocycles. The Balaban J connectivity index is 2.61. The number of ether oxygens (including phenoxy) is 2. The zero-order valence-corrected chi connectivity index (χ0v) is 14.8. The van der Waals surface area contributed by atoms with E-state index in [1.54, 1.807) is 65.0 Å². The molecule has 1 unspecified atom stereocenters. The van der Waals surface area contributed by atoms with E-state index in [0.29, 0.717) is 5.56 Å². The van der Waals surface area contributed by atoms with Crippen LogP contribution in [0.3, 0.4) is 0 Å². The number of Topliss-reactive ketones (excluding diaryl/α,β-unsaturated/α-hetero) is 1. The predicted octanol–water partition coefficient (Wildman–Crippen LogP) is 2.96. The van der Waals surface area contributed by atoms with E-state index in [0.717, 1.165) is 0 Å². The zero-order chi connectivity index (χ0) is 18.3. The largest absolute Gasteiger partial charge is 0.456 e. The van der Waals surface area contributed by atoms with Crippen molar-refractivity contribution in [1.29, 1.82) is 0 Å². The molecule has 1 atom stereocenters. The average Bonchev–Trinajstić information content (AvgIpc) is 2.48. The third-order valence-corrected chi connectivity index (χ3v) is 3.03. The number of carbonyl (C=O) groups is 3. The average molecular weight is 335 g/mol. The molecular weight excluding hydrogens is 310 g/mol. The Labute approximate surface area is 142 Å². The summed E-state index contributed by atoms with van der Waals surface area (Å²) in [5.74, 6) is -1.18. The number of ketones is 1. The van der Waals surface area contributed by atoms with Crippen molar-refractivity contribution in [3.63, 3.8) is 0 Å². The molecule has 0 radical (unpaired) electrons. The molecule has 0 fully saturated rings. The summed E-state index contributed by atoms with van der Waals surface area (Å²) in [4.78, 5) is 36.0. The molecule has 0 saturated heterocycles. The number of nitrogens with one attached hydrogen (secondary N) is 1. The van der Waals surface area contributed by atoms with E-state index in [4.69, 9.17) is 9.47 Å². The van der Waals surface area contributed by atoms with E-state index < -0.39 is 23.7 Å². The molecule has 0 aromatic heterocycles. The first kappa shape index (κ1) is 19.7. The lowest BCUT2D eigenvalue weighted by Crippen LogP contribution is -2.47. The fourth-order valence-electron chi connectivity index (χ4n) is 1.87. The summed E-state index contributed by atoms with van der Waals surface area (Å²) in [7, 11) is 0. The van der Waals surface area contributed by atoms with Crippen LogP contribution in [0.1, 0.15) is 45.0 Å². The molecule has 132 valence electrons. The molecule has 1 N–H and O–H groups in total. The van der Waals surface area contributed by atoms with Crippen LogP contribution in [0, 0.1) is 5.92 Å². The number of carbonyl (C=O) groups excluding carboxylic acids is 3. The van der Waals surface area contributed by atoms with Crippen molar-refractivity contribution < 1.29 is 23.9 Å². The number of hydrogen-bond donors (Lipinski definition) is 1. The molecule has 0 bridgehead atoms. The van der Waals surface area contributed by atoms with Crippen molar-refractivity contribution >= 4 is 17.8 Å². The maximum absolute atomic E-state index is 12.2. The van der Waals surface area contributed by atoms with Gasteiger partial charge in [0.25, 0.3) is 0 Å². The molecule has 1 rings (SSSR count). The zero-order valence-electron chi connectivity index (χ0n) is 14.8. The van der Waals surface area contributed by atoms with Crippen molar-refractivity contribution in [3.8, 4) is 0 Å². The molecule has 0 aliphatic carbocycles. The highest BCUT2D eigenvalue weighted by Gasteiger charge is 2.28. The van der Waals surface area contributed by atoms with Gasteiger partial charge in [-0.05, 0) is 26.7 Å². The van der Waals surface area contributed by atoms with Crippen LogP contribution in [-0.2, 0) is 14.3 Å². The van der Waals surface area contributed by atoms with Crippen molar-refractivity contribution in [3.05, 3.63) is 35.9 Å². The number of hydrogen-bond acceptors (Lipinski definition) is 5. The molecule has 6 heteroatoms. The summed E-state index contributed by atoms with van der Waals surface area (Å²) in [6.07, 6.45) is -0.701. The molecule has 1 aromatic carbocycles. The lowest BCUT2D eigenvalue weighted by molar-refractivity contribution is -0.146. The smallest absolute Gasteiger partial charge is 0.408 e. The van der Waals surface area contributed by atoms with E-state index in [2.05, 4.69) is 5.32 Å². The Bertz CT molecular complexity index is 575. The Hall–Kier alpha value is -2.37. The van der Waals surface area contributed by atoms with Gasteiger partial charge in [0.05, 0.1) is 0 Å². The van der Waals surface area contributed by atoms with Crippen LogP contribution in [0.25, 0.3) is 0 Å². The van der Waals surface area contributed by atoms with Crippen molar-refractivity contribution in [2.45, 2.75) is 46.3 Å². The maximum atomic E-state index is 12.2. The van der Waals surface area contributed by atoms with Crippen LogP contribution in [-0.4, -0.2) is 36.1 Å². The van der Waals surface area contributed by atoms with E-state index in [9.17, 15) is 14.4 Å². The molecule has 0 saturated carbocycles. The number of esters is 1. The van der Waals surface area contributed by atoms with E-state index in [-0.39, 0.29) is 18.3 Å². The van der Waals surface area contributed by atoms with Gasteiger partial charge in [-0.1, -0.05) is 44.2 Å². The van der Waals surface area contributed by atoms with Gasteiger partial charge in [0.1, 0.15) is 11.6 Å². The van der Waals surface area contributed by atoms with Gasteiger partial charge in [-0.25, -0.2) is 9.59 Å². The fourth-order valence-corrected chi connectivity index (χ4v) is 1.87. The van der Waals surface area contributed by atoms with Gasteiger partial charge >= 0.3 is 12.1 Å².